The fraction of sp³-hybridized carbons (Fsp3) is 0.167. The van der Waals surface area contributed by atoms with E-state index in [4.69, 9.17) is 0 Å². The highest BCUT2D eigenvalue weighted by molar-refractivity contribution is 9.10. The number of aryl methyl sites for hydroxylation is 1. The van der Waals surface area contributed by atoms with E-state index in [2.05, 4.69) is 31.2 Å². The molecule has 2 aromatic rings. The Bertz CT molecular complexity index is 618. The van der Waals surface area contributed by atoms with Gasteiger partial charge in [-0.3, -0.25) is 15.1 Å². The van der Waals surface area contributed by atoms with Crippen LogP contribution in [0.3, 0.4) is 0 Å². The summed E-state index contributed by atoms with van der Waals surface area (Å²) < 4.78 is 0.568. The minimum absolute atomic E-state index is 0.0676. The molecule has 0 saturated heterocycles. The summed E-state index contributed by atoms with van der Waals surface area (Å²) in [4.78, 5) is 18.8. The standard InChI is InChI=1S/C12H11BrN4O2/c1-8-3-2-4-10(16-8)7-15-12-11(17(18)19)5-9(13)6-14-12/h2-6H,7H2,1H3,(H,14,15). The van der Waals surface area contributed by atoms with E-state index in [9.17, 15) is 10.1 Å². The summed E-state index contributed by atoms with van der Waals surface area (Å²) in [5.74, 6) is 0.233. The summed E-state index contributed by atoms with van der Waals surface area (Å²) in [7, 11) is 0. The predicted octanol–water partition coefficient (Wildman–Crippen LogP) is 3.07. The number of pyridine rings is 2. The highest BCUT2D eigenvalue weighted by atomic mass is 79.9. The Morgan fingerprint density at radius 3 is 2.95 bits per heavy atom. The Labute approximate surface area is 118 Å². The SMILES string of the molecule is Cc1cccc(CNc2ncc(Br)cc2[N+](=O)[O-])n1. The molecule has 2 aromatic heterocycles. The zero-order valence-corrected chi connectivity index (χ0v) is 11.7. The van der Waals surface area contributed by atoms with Crippen LogP contribution in [0.1, 0.15) is 11.4 Å². The van der Waals surface area contributed by atoms with Crippen LogP contribution in [0.2, 0.25) is 0 Å². The highest BCUT2D eigenvalue weighted by Crippen LogP contribution is 2.25. The maximum Gasteiger partial charge on any atom is 0.312 e. The van der Waals surface area contributed by atoms with Crippen LogP contribution in [0.5, 0.6) is 0 Å². The van der Waals surface area contributed by atoms with Crippen molar-refractivity contribution >= 4 is 27.4 Å². The van der Waals surface area contributed by atoms with Gasteiger partial charge in [0.05, 0.1) is 17.2 Å². The fourth-order valence-electron chi connectivity index (χ4n) is 1.58. The lowest BCUT2D eigenvalue weighted by Gasteiger charge is -2.06. The molecule has 0 radical (unpaired) electrons. The van der Waals surface area contributed by atoms with E-state index in [0.29, 0.717) is 11.0 Å². The average Bonchev–Trinajstić information content (AvgIpc) is 2.37. The molecule has 0 bridgehead atoms. The van der Waals surface area contributed by atoms with Gasteiger partial charge in [-0.15, -0.1) is 0 Å². The van der Waals surface area contributed by atoms with Crippen molar-refractivity contribution in [2.24, 2.45) is 0 Å². The molecule has 1 N–H and O–H groups in total. The molecule has 0 aromatic carbocycles. The number of aromatic nitrogens is 2. The van der Waals surface area contributed by atoms with Gasteiger partial charge >= 0.3 is 5.69 Å². The minimum atomic E-state index is -0.468. The van der Waals surface area contributed by atoms with Crippen molar-refractivity contribution in [3.63, 3.8) is 0 Å². The molecule has 0 atom stereocenters. The first kappa shape index (κ1) is 13.4. The fourth-order valence-corrected chi connectivity index (χ4v) is 1.90. The molecule has 0 saturated carbocycles. The Balaban J connectivity index is 2.17. The molecule has 6 nitrogen and oxygen atoms in total. The van der Waals surface area contributed by atoms with Gasteiger partial charge in [-0.05, 0) is 35.0 Å². The van der Waals surface area contributed by atoms with E-state index in [1.807, 2.05) is 25.1 Å². The lowest BCUT2D eigenvalue weighted by atomic mass is 10.3. The monoisotopic (exact) mass is 322 g/mol. The van der Waals surface area contributed by atoms with Gasteiger partial charge in [0, 0.05) is 22.4 Å². The van der Waals surface area contributed by atoms with Gasteiger partial charge in [0.25, 0.3) is 0 Å². The van der Waals surface area contributed by atoms with Gasteiger partial charge < -0.3 is 5.32 Å². The normalized spacial score (nSPS) is 10.2. The maximum absolute atomic E-state index is 10.9. The molecule has 19 heavy (non-hydrogen) atoms. The van der Waals surface area contributed by atoms with Gasteiger partial charge in [0.15, 0.2) is 0 Å². The summed E-state index contributed by atoms with van der Waals surface area (Å²) in [6, 6.07) is 7.05. The van der Waals surface area contributed by atoms with Gasteiger partial charge in [-0.25, -0.2) is 4.98 Å². The van der Waals surface area contributed by atoms with E-state index < -0.39 is 4.92 Å². The summed E-state index contributed by atoms with van der Waals surface area (Å²) in [5.41, 5.74) is 1.64. The van der Waals surface area contributed by atoms with E-state index >= 15 is 0 Å². The zero-order valence-electron chi connectivity index (χ0n) is 10.1. The van der Waals surface area contributed by atoms with Gasteiger partial charge in [0.1, 0.15) is 0 Å². The van der Waals surface area contributed by atoms with Crippen LogP contribution in [-0.2, 0) is 6.54 Å². The summed E-state index contributed by atoms with van der Waals surface area (Å²) in [6.07, 6.45) is 1.51. The third kappa shape index (κ3) is 3.47. The molecule has 0 spiro atoms. The number of hydrogen-bond acceptors (Lipinski definition) is 5. The molecule has 0 aliphatic rings. The van der Waals surface area contributed by atoms with Crippen molar-refractivity contribution < 1.29 is 4.92 Å². The van der Waals surface area contributed by atoms with E-state index in [-0.39, 0.29) is 11.5 Å². The molecule has 0 fully saturated rings. The Morgan fingerprint density at radius 2 is 2.26 bits per heavy atom. The van der Waals surface area contributed by atoms with Gasteiger partial charge in [-0.1, -0.05) is 6.07 Å². The summed E-state index contributed by atoms with van der Waals surface area (Å²) in [6.45, 7) is 2.28. The molecule has 7 heteroatoms. The van der Waals surface area contributed by atoms with E-state index in [0.717, 1.165) is 11.4 Å². The first-order valence-corrected chi connectivity index (χ1v) is 6.32. The number of hydrogen-bond donors (Lipinski definition) is 1. The first-order chi connectivity index (χ1) is 9.06. The molecule has 0 aliphatic carbocycles. The molecule has 0 unspecified atom stereocenters. The number of rotatable bonds is 4. The number of nitro groups is 1. The molecular formula is C12H11BrN4O2. The quantitative estimate of drug-likeness (QED) is 0.691. The van der Waals surface area contributed by atoms with Crippen molar-refractivity contribution in [2.45, 2.75) is 13.5 Å². The van der Waals surface area contributed by atoms with Crippen molar-refractivity contribution in [3.8, 4) is 0 Å². The van der Waals surface area contributed by atoms with Gasteiger partial charge in [-0.2, -0.15) is 0 Å². The lowest BCUT2D eigenvalue weighted by molar-refractivity contribution is -0.384. The maximum atomic E-state index is 10.9. The van der Waals surface area contributed by atoms with Crippen LogP contribution < -0.4 is 5.32 Å². The Morgan fingerprint density at radius 1 is 1.47 bits per heavy atom. The van der Waals surface area contributed by atoms with Crippen LogP contribution >= 0.6 is 15.9 Å². The number of nitrogens with zero attached hydrogens (tertiary/aromatic N) is 3. The lowest BCUT2D eigenvalue weighted by Crippen LogP contribution is -2.06. The second-order valence-corrected chi connectivity index (χ2v) is 4.82. The topological polar surface area (TPSA) is 81.0 Å². The van der Waals surface area contributed by atoms with Crippen LogP contribution in [0.4, 0.5) is 11.5 Å². The van der Waals surface area contributed by atoms with Crippen molar-refractivity contribution in [2.75, 3.05) is 5.32 Å². The number of halogens is 1. The second-order valence-electron chi connectivity index (χ2n) is 3.90. The molecule has 98 valence electrons. The van der Waals surface area contributed by atoms with Crippen LogP contribution in [0.15, 0.2) is 34.9 Å². The Kier molecular flexibility index (Phi) is 4.06. The molecular weight excluding hydrogens is 312 g/mol. The third-order valence-electron chi connectivity index (χ3n) is 2.41. The smallest absolute Gasteiger partial charge is 0.312 e. The van der Waals surface area contributed by atoms with Crippen LogP contribution in [0, 0.1) is 17.0 Å². The van der Waals surface area contributed by atoms with Crippen molar-refractivity contribution in [1.82, 2.24) is 9.97 Å². The van der Waals surface area contributed by atoms with Crippen LogP contribution in [0.25, 0.3) is 0 Å². The second kappa shape index (κ2) is 5.75. The van der Waals surface area contributed by atoms with Gasteiger partial charge in [0.2, 0.25) is 5.82 Å². The molecule has 2 heterocycles. The molecule has 0 aliphatic heterocycles. The first-order valence-electron chi connectivity index (χ1n) is 5.52. The van der Waals surface area contributed by atoms with E-state index in [1.165, 1.54) is 12.3 Å². The summed E-state index contributed by atoms with van der Waals surface area (Å²) in [5, 5.41) is 13.9. The predicted molar refractivity (Wildman–Crippen MR) is 74.9 cm³/mol. The largest absolute Gasteiger partial charge is 0.359 e. The van der Waals surface area contributed by atoms with E-state index in [1.54, 1.807) is 0 Å². The number of anilines is 1. The average molecular weight is 323 g/mol. The molecule has 2 rings (SSSR count). The molecule has 0 amide bonds. The minimum Gasteiger partial charge on any atom is -0.359 e. The Hall–Kier alpha value is -2.02. The zero-order chi connectivity index (χ0) is 13.8. The van der Waals surface area contributed by atoms with Crippen molar-refractivity contribution in [3.05, 3.63) is 56.4 Å². The number of nitrogens with one attached hydrogen (secondary N) is 1. The third-order valence-corrected chi connectivity index (χ3v) is 2.85. The van der Waals surface area contributed by atoms with Crippen LogP contribution in [-0.4, -0.2) is 14.9 Å². The summed E-state index contributed by atoms with van der Waals surface area (Å²) >= 11 is 3.16. The highest BCUT2D eigenvalue weighted by Gasteiger charge is 2.15. The van der Waals surface area contributed by atoms with Crippen molar-refractivity contribution in [1.29, 1.82) is 0 Å².